The number of phenolic OH excluding ortho intramolecular Hbond substituents is 1. The second-order valence-corrected chi connectivity index (χ2v) is 10.6. The molecule has 1 rings (SSSR count). The van der Waals surface area contributed by atoms with Gasteiger partial charge in [0.1, 0.15) is 5.75 Å². The van der Waals surface area contributed by atoms with Gasteiger partial charge in [-0.25, -0.2) is 0 Å². The Morgan fingerprint density at radius 1 is 1.25 bits per heavy atom. The molecule has 1 N–H and O–H groups in total. The van der Waals surface area contributed by atoms with Crippen LogP contribution in [0.2, 0.25) is 19.6 Å². The molecule has 0 aromatic heterocycles. The predicted molar refractivity (Wildman–Crippen MR) is 75.3 cm³/mol. The van der Waals surface area contributed by atoms with Crippen LogP contribution in [0.3, 0.4) is 0 Å². The van der Waals surface area contributed by atoms with Crippen LogP contribution in [0, 0.1) is 0 Å². The third-order valence-electron chi connectivity index (χ3n) is 2.49. The van der Waals surface area contributed by atoms with Gasteiger partial charge in [0.25, 0.3) is 0 Å². The lowest BCUT2D eigenvalue weighted by atomic mass is 10.1. The van der Waals surface area contributed by atoms with Crippen molar-refractivity contribution in [3.8, 4) is 5.75 Å². The van der Waals surface area contributed by atoms with Crippen LogP contribution in [0.4, 0.5) is 13.2 Å². The van der Waals surface area contributed by atoms with Crippen LogP contribution in [0.5, 0.6) is 5.75 Å². The van der Waals surface area contributed by atoms with E-state index in [4.69, 9.17) is 4.74 Å². The van der Waals surface area contributed by atoms with Gasteiger partial charge in [-0.2, -0.15) is 13.2 Å². The first-order valence-corrected chi connectivity index (χ1v) is 9.83. The molecule has 0 aliphatic carbocycles. The molecule has 20 heavy (non-hydrogen) atoms. The lowest BCUT2D eigenvalue weighted by Gasteiger charge is -2.21. The number of halogens is 3. The maximum atomic E-state index is 13.0. The minimum atomic E-state index is -4.56. The summed E-state index contributed by atoms with van der Waals surface area (Å²) < 4.78 is 43.9. The summed E-state index contributed by atoms with van der Waals surface area (Å²) in [5.41, 5.74) is 1.66. The highest BCUT2D eigenvalue weighted by Gasteiger charge is 2.43. The molecule has 0 radical (unpaired) electrons. The fourth-order valence-corrected chi connectivity index (χ4v) is 2.43. The lowest BCUT2D eigenvalue weighted by molar-refractivity contribution is -0.221. The summed E-state index contributed by atoms with van der Waals surface area (Å²) in [7, 11) is -1.46. The van der Waals surface area contributed by atoms with E-state index in [-0.39, 0.29) is 12.2 Å². The van der Waals surface area contributed by atoms with E-state index >= 15 is 0 Å². The molecule has 1 aromatic carbocycles. The van der Waals surface area contributed by atoms with E-state index in [0.29, 0.717) is 0 Å². The molecule has 0 amide bonds. The minimum absolute atomic E-state index is 0.136. The number of aromatic hydroxyl groups is 1. The molecule has 2 nitrogen and oxygen atoms in total. The molecular weight excluding hydrogens is 285 g/mol. The average Bonchev–Trinajstić information content (AvgIpc) is 2.27. The normalized spacial score (nSPS) is 14.7. The third-order valence-corrected chi connectivity index (χ3v) is 3.73. The van der Waals surface area contributed by atoms with Crippen molar-refractivity contribution in [3.05, 3.63) is 41.6 Å². The summed E-state index contributed by atoms with van der Waals surface area (Å²) in [6.07, 6.45) is -5.06. The largest absolute Gasteiger partial charge is 0.508 e. The Morgan fingerprint density at radius 2 is 1.85 bits per heavy atom. The molecular formula is C14H19F3O2Si. The third kappa shape index (κ3) is 5.38. The van der Waals surface area contributed by atoms with Crippen LogP contribution in [0.1, 0.15) is 11.7 Å². The van der Waals surface area contributed by atoms with Crippen LogP contribution >= 0.6 is 0 Å². The molecule has 0 aliphatic rings. The van der Waals surface area contributed by atoms with Gasteiger partial charge in [-0.05, 0) is 6.07 Å². The van der Waals surface area contributed by atoms with Crippen LogP contribution in [-0.4, -0.2) is 26.0 Å². The number of rotatable bonds is 5. The van der Waals surface area contributed by atoms with Gasteiger partial charge >= 0.3 is 6.18 Å². The van der Waals surface area contributed by atoms with Crippen LogP contribution in [0.25, 0.3) is 0 Å². The second-order valence-electron chi connectivity index (χ2n) is 5.58. The van der Waals surface area contributed by atoms with E-state index < -0.39 is 26.1 Å². The molecule has 0 saturated heterocycles. The predicted octanol–water partition coefficient (Wildman–Crippen LogP) is 4.45. The number of alkyl halides is 3. The fourth-order valence-electron chi connectivity index (χ4n) is 1.62. The average molecular weight is 304 g/mol. The first-order chi connectivity index (χ1) is 9.11. The molecule has 1 aromatic rings. The molecule has 0 fully saturated rings. The van der Waals surface area contributed by atoms with Gasteiger partial charge in [0.05, 0.1) is 14.7 Å². The molecule has 1 atom stereocenters. The molecule has 1 unspecified atom stereocenters. The molecule has 0 spiro atoms. The van der Waals surface area contributed by atoms with Crippen molar-refractivity contribution >= 4 is 8.07 Å². The standard InChI is InChI=1S/C14H19F3O2Si/c1-20(2,3)10-6-9-19-13(14(15,16)17)11-7-4-5-8-12(11)18/h4-8,10,13,18H,9H2,1-3H3/b10-6+. The number of para-hydroxylation sites is 1. The summed E-state index contributed by atoms with van der Waals surface area (Å²) >= 11 is 0. The van der Waals surface area contributed by atoms with Gasteiger partial charge < -0.3 is 9.84 Å². The van der Waals surface area contributed by atoms with E-state index in [1.807, 2.05) is 5.70 Å². The van der Waals surface area contributed by atoms with E-state index in [1.54, 1.807) is 6.08 Å². The number of hydrogen-bond acceptors (Lipinski definition) is 2. The molecule has 6 heteroatoms. The fraction of sp³-hybridized carbons (Fsp3) is 0.429. The molecule has 112 valence electrons. The Hall–Kier alpha value is -1.27. The smallest absolute Gasteiger partial charge is 0.419 e. The maximum absolute atomic E-state index is 13.0. The number of phenols is 1. The van der Waals surface area contributed by atoms with Gasteiger partial charge in [-0.15, -0.1) is 0 Å². The van der Waals surface area contributed by atoms with Crippen molar-refractivity contribution in [2.24, 2.45) is 0 Å². The highest BCUT2D eigenvalue weighted by molar-refractivity contribution is 6.80. The molecule has 0 heterocycles. The van der Waals surface area contributed by atoms with Crippen LogP contribution in [0.15, 0.2) is 36.0 Å². The van der Waals surface area contributed by atoms with E-state index in [1.165, 1.54) is 24.3 Å². The maximum Gasteiger partial charge on any atom is 0.419 e. The van der Waals surface area contributed by atoms with Crippen molar-refractivity contribution in [3.63, 3.8) is 0 Å². The van der Waals surface area contributed by atoms with Crippen molar-refractivity contribution in [2.45, 2.75) is 31.9 Å². The van der Waals surface area contributed by atoms with Gasteiger partial charge in [-0.1, -0.05) is 49.6 Å². The monoisotopic (exact) mass is 304 g/mol. The SMILES string of the molecule is C[Si](C)(C)/C=C/COC(c1ccccc1O)C(F)(F)F. The summed E-state index contributed by atoms with van der Waals surface area (Å²) in [4.78, 5) is 0. The first kappa shape index (κ1) is 16.8. The highest BCUT2D eigenvalue weighted by Crippen LogP contribution is 2.39. The zero-order valence-electron chi connectivity index (χ0n) is 11.7. The number of benzene rings is 1. The van der Waals surface area contributed by atoms with Crippen molar-refractivity contribution in [1.82, 2.24) is 0 Å². The Labute approximate surface area is 117 Å². The zero-order chi connectivity index (χ0) is 15.4. The van der Waals surface area contributed by atoms with Crippen LogP contribution < -0.4 is 0 Å². The Bertz CT molecular complexity index is 464. The van der Waals surface area contributed by atoms with Gasteiger partial charge in [0.2, 0.25) is 0 Å². The van der Waals surface area contributed by atoms with Crippen LogP contribution in [-0.2, 0) is 4.74 Å². The van der Waals surface area contributed by atoms with Crippen molar-refractivity contribution in [1.29, 1.82) is 0 Å². The summed E-state index contributed by atoms with van der Waals surface area (Å²) in [5, 5.41) is 9.54. The van der Waals surface area contributed by atoms with Gasteiger partial charge in [0, 0.05) is 5.56 Å². The summed E-state index contributed by atoms with van der Waals surface area (Å²) in [6, 6.07) is 5.34. The Balaban J connectivity index is 2.83. The Morgan fingerprint density at radius 3 is 2.35 bits per heavy atom. The summed E-state index contributed by atoms with van der Waals surface area (Å²) in [5.74, 6) is -0.413. The van der Waals surface area contributed by atoms with E-state index in [0.717, 1.165) is 0 Å². The van der Waals surface area contributed by atoms with Gasteiger partial charge in [-0.3, -0.25) is 0 Å². The van der Waals surface area contributed by atoms with Crippen molar-refractivity contribution in [2.75, 3.05) is 6.61 Å². The van der Waals surface area contributed by atoms with E-state index in [9.17, 15) is 18.3 Å². The quantitative estimate of drug-likeness (QED) is 0.815. The topological polar surface area (TPSA) is 29.5 Å². The lowest BCUT2D eigenvalue weighted by Crippen LogP contribution is -2.24. The minimum Gasteiger partial charge on any atom is -0.508 e. The number of hydrogen-bond donors (Lipinski definition) is 1. The Kier molecular flexibility index (Phi) is 5.41. The summed E-state index contributed by atoms with van der Waals surface area (Å²) in [6.45, 7) is 6.10. The van der Waals surface area contributed by atoms with Gasteiger partial charge in [0.15, 0.2) is 6.10 Å². The molecule has 0 saturated carbocycles. The number of ether oxygens (including phenoxy) is 1. The molecule has 0 bridgehead atoms. The van der Waals surface area contributed by atoms with E-state index in [2.05, 4.69) is 19.6 Å². The highest BCUT2D eigenvalue weighted by atomic mass is 28.3. The second kappa shape index (κ2) is 6.45. The molecule has 0 aliphatic heterocycles. The first-order valence-electron chi connectivity index (χ1n) is 6.25. The van der Waals surface area contributed by atoms with Crippen molar-refractivity contribution < 1.29 is 23.0 Å². The zero-order valence-corrected chi connectivity index (χ0v) is 12.7.